The Balaban J connectivity index is 1.99. The van der Waals surface area contributed by atoms with Gasteiger partial charge in [-0.15, -0.1) is 0 Å². The van der Waals surface area contributed by atoms with Crippen LogP contribution in [0, 0.1) is 13.8 Å². The van der Waals surface area contributed by atoms with Crippen molar-refractivity contribution in [1.82, 2.24) is 4.98 Å². The van der Waals surface area contributed by atoms with Crippen LogP contribution in [-0.2, 0) is 12.8 Å². The normalized spacial score (nSPS) is 10.5. The summed E-state index contributed by atoms with van der Waals surface area (Å²) in [5.41, 5.74) is 2.32. The van der Waals surface area contributed by atoms with Crippen LogP contribution in [0.4, 0.5) is 0 Å². The van der Waals surface area contributed by atoms with E-state index in [0.717, 1.165) is 30.2 Å². The molecular weight excluding hydrogens is 186 g/mol. The maximum atomic E-state index is 5.52. The summed E-state index contributed by atoms with van der Waals surface area (Å²) in [5, 5.41) is 0. The predicted molar refractivity (Wildman–Crippen MR) is 59.8 cm³/mol. The van der Waals surface area contributed by atoms with Crippen molar-refractivity contribution in [3.63, 3.8) is 0 Å². The van der Waals surface area contributed by atoms with E-state index in [9.17, 15) is 0 Å². The lowest BCUT2D eigenvalue weighted by Gasteiger charge is -1.97. The molecule has 1 aromatic heterocycles. The standard InChI is InChI=1S/C13H15NO/c1-10-11(2)15-13(14-10)9-8-12-6-4-3-5-7-12/h3-7H,8-9H2,1-2H3. The topological polar surface area (TPSA) is 26.0 Å². The second-order valence-corrected chi connectivity index (χ2v) is 3.73. The number of benzene rings is 1. The Morgan fingerprint density at radius 1 is 1.07 bits per heavy atom. The molecule has 0 amide bonds. The van der Waals surface area contributed by atoms with Crippen molar-refractivity contribution in [3.05, 3.63) is 53.2 Å². The molecule has 0 aliphatic rings. The average molecular weight is 201 g/mol. The van der Waals surface area contributed by atoms with E-state index in [0.29, 0.717) is 0 Å². The lowest BCUT2D eigenvalue weighted by Crippen LogP contribution is -1.90. The summed E-state index contributed by atoms with van der Waals surface area (Å²) in [6.07, 6.45) is 1.86. The van der Waals surface area contributed by atoms with E-state index in [-0.39, 0.29) is 0 Å². The largest absolute Gasteiger partial charge is 0.446 e. The van der Waals surface area contributed by atoms with Gasteiger partial charge in [0.2, 0.25) is 0 Å². The molecule has 0 unspecified atom stereocenters. The van der Waals surface area contributed by atoms with E-state index in [4.69, 9.17) is 4.42 Å². The molecule has 0 aliphatic carbocycles. The molecule has 0 saturated heterocycles. The molecule has 78 valence electrons. The molecule has 0 atom stereocenters. The fraction of sp³-hybridized carbons (Fsp3) is 0.308. The highest BCUT2D eigenvalue weighted by Gasteiger charge is 2.04. The Hall–Kier alpha value is -1.57. The molecule has 2 nitrogen and oxygen atoms in total. The Bertz CT molecular complexity index is 412. The third kappa shape index (κ3) is 2.46. The van der Waals surface area contributed by atoms with Crippen LogP contribution in [0.1, 0.15) is 22.9 Å². The van der Waals surface area contributed by atoms with Gasteiger partial charge in [0, 0.05) is 6.42 Å². The number of hydrogen-bond donors (Lipinski definition) is 0. The van der Waals surface area contributed by atoms with E-state index in [2.05, 4.69) is 29.2 Å². The molecule has 2 aromatic rings. The number of aromatic nitrogens is 1. The third-order valence-corrected chi connectivity index (χ3v) is 2.54. The maximum Gasteiger partial charge on any atom is 0.194 e. The summed E-state index contributed by atoms with van der Waals surface area (Å²) in [7, 11) is 0. The minimum atomic E-state index is 0.842. The summed E-state index contributed by atoms with van der Waals surface area (Å²) in [6.45, 7) is 3.93. The lowest BCUT2D eigenvalue weighted by atomic mass is 10.1. The molecule has 0 radical (unpaired) electrons. The quantitative estimate of drug-likeness (QED) is 0.762. The first-order valence-electron chi connectivity index (χ1n) is 5.22. The van der Waals surface area contributed by atoms with Crippen LogP contribution in [0.15, 0.2) is 34.7 Å². The summed E-state index contributed by atoms with van der Waals surface area (Å²) >= 11 is 0. The molecule has 0 saturated carbocycles. The molecule has 1 heterocycles. The van der Waals surface area contributed by atoms with Gasteiger partial charge in [-0.3, -0.25) is 0 Å². The van der Waals surface area contributed by atoms with Crippen molar-refractivity contribution >= 4 is 0 Å². The molecule has 0 spiro atoms. The Labute approximate surface area is 90.0 Å². The van der Waals surface area contributed by atoms with Crippen molar-refractivity contribution < 1.29 is 4.42 Å². The van der Waals surface area contributed by atoms with E-state index < -0.39 is 0 Å². The second-order valence-electron chi connectivity index (χ2n) is 3.73. The van der Waals surface area contributed by atoms with Gasteiger partial charge in [-0.2, -0.15) is 0 Å². The highest BCUT2D eigenvalue weighted by molar-refractivity contribution is 5.15. The minimum absolute atomic E-state index is 0.842. The monoisotopic (exact) mass is 201 g/mol. The Kier molecular flexibility index (Phi) is 2.86. The van der Waals surface area contributed by atoms with Crippen molar-refractivity contribution in [2.45, 2.75) is 26.7 Å². The van der Waals surface area contributed by atoms with Gasteiger partial charge in [-0.25, -0.2) is 4.98 Å². The van der Waals surface area contributed by atoms with E-state index >= 15 is 0 Å². The number of oxazole rings is 1. The van der Waals surface area contributed by atoms with Gasteiger partial charge in [0.25, 0.3) is 0 Å². The Morgan fingerprint density at radius 3 is 2.40 bits per heavy atom. The summed E-state index contributed by atoms with van der Waals surface area (Å²) in [6, 6.07) is 10.4. The van der Waals surface area contributed by atoms with Crippen LogP contribution >= 0.6 is 0 Å². The van der Waals surface area contributed by atoms with E-state index in [1.54, 1.807) is 0 Å². The molecule has 0 bridgehead atoms. The van der Waals surface area contributed by atoms with Crippen molar-refractivity contribution in [2.75, 3.05) is 0 Å². The second kappa shape index (κ2) is 4.30. The molecule has 0 aliphatic heterocycles. The van der Waals surface area contributed by atoms with Crippen molar-refractivity contribution in [1.29, 1.82) is 0 Å². The predicted octanol–water partition coefficient (Wildman–Crippen LogP) is 3.08. The van der Waals surface area contributed by atoms with Crippen LogP contribution < -0.4 is 0 Å². The molecule has 1 aromatic carbocycles. The molecule has 15 heavy (non-hydrogen) atoms. The first-order chi connectivity index (χ1) is 7.25. The van der Waals surface area contributed by atoms with Gasteiger partial charge in [-0.05, 0) is 25.8 Å². The van der Waals surface area contributed by atoms with Gasteiger partial charge in [0.1, 0.15) is 5.76 Å². The van der Waals surface area contributed by atoms with Crippen LogP contribution in [0.2, 0.25) is 0 Å². The zero-order chi connectivity index (χ0) is 10.7. The van der Waals surface area contributed by atoms with Gasteiger partial charge >= 0.3 is 0 Å². The van der Waals surface area contributed by atoms with Gasteiger partial charge in [0.05, 0.1) is 5.69 Å². The molecule has 0 N–H and O–H groups in total. The zero-order valence-corrected chi connectivity index (χ0v) is 9.16. The smallest absolute Gasteiger partial charge is 0.194 e. The van der Waals surface area contributed by atoms with Gasteiger partial charge in [0.15, 0.2) is 5.89 Å². The molecule has 2 rings (SSSR count). The SMILES string of the molecule is Cc1nc(CCc2ccccc2)oc1C. The fourth-order valence-electron chi connectivity index (χ4n) is 1.54. The van der Waals surface area contributed by atoms with Gasteiger partial charge in [-0.1, -0.05) is 30.3 Å². The fourth-order valence-corrected chi connectivity index (χ4v) is 1.54. The number of nitrogens with zero attached hydrogens (tertiary/aromatic N) is 1. The Morgan fingerprint density at radius 2 is 1.80 bits per heavy atom. The van der Waals surface area contributed by atoms with E-state index in [1.165, 1.54) is 5.56 Å². The average Bonchev–Trinajstić information content (AvgIpc) is 2.57. The highest BCUT2D eigenvalue weighted by atomic mass is 16.4. The van der Waals surface area contributed by atoms with Crippen LogP contribution in [0.5, 0.6) is 0 Å². The third-order valence-electron chi connectivity index (χ3n) is 2.54. The summed E-state index contributed by atoms with van der Waals surface area (Å²) in [5.74, 6) is 1.77. The van der Waals surface area contributed by atoms with Crippen molar-refractivity contribution in [3.8, 4) is 0 Å². The molecule has 0 fully saturated rings. The van der Waals surface area contributed by atoms with Crippen LogP contribution in [-0.4, -0.2) is 4.98 Å². The van der Waals surface area contributed by atoms with Crippen LogP contribution in [0.25, 0.3) is 0 Å². The first kappa shape index (κ1) is 9.97. The maximum absolute atomic E-state index is 5.52. The highest BCUT2D eigenvalue weighted by Crippen LogP contribution is 2.11. The zero-order valence-electron chi connectivity index (χ0n) is 9.16. The van der Waals surface area contributed by atoms with E-state index in [1.807, 2.05) is 19.9 Å². The molecule has 2 heteroatoms. The number of hydrogen-bond acceptors (Lipinski definition) is 2. The minimum Gasteiger partial charge on any atom is -0.446 e. The van der Waals surface area contributed by atoms with Gasteiger partial charge < -0.3 is 4.42 Å². The van der Waals surface area contributed by atoms with Crippen molar-refractivity contribution in [2.24, 2.45) is 0 Å². The van der Waals surface area contributed by atoms with Crippen LogP contribution in [0.3, 0.4) is 0 Å². The number of rotatable bonds is 3. The lowest BCUT2D eigenvalue weighted by molar-refractivity contribution is 0.470. The summed E-state index contributed by atoms with van der Waals surface area (Å²) in [4.78, 5) is 4.36. The molecular formula is C13H15NO. The summed E-state index contributed by atoms with van der Waals surface area (Å²) < 4.78 is 5.52. The number of aryl methyl sites for hydroxylation is 4. The first-order valence-corrected chi connectivity index (χ1v) is 5.22.